The molecule has 1 aliphatic rings. The fourth-order valence-electron chi connectivity index (χ4n) is 2.72. The number of benzene rings is 1. The van der Waals surface area contributed by atoms with E-state index in [0.29, 0.717) is 26.2 Å². The first-order valence-corrected chi connectivity index (χ1v) is 8.39. The molecule has 1 aromatic carbocycles. The maximum atomic E-state index is 12.8. The zero-order chi connectivity index (χ0) is 16.2. The normalized spacial score (nSPS) is 14.8. The van der Waals surface area contributed by atoms with E-state index in [1.165, 1.54) is 11.3 Å². The van der Waals surface area contributed by atoms with Gasteiger partial charge in [0.25, 0.3) is 5.91 Å². The van der Waals surface area contributed by atoms with E-state index in [1.54, 1.807) is 9.80 Å². The van der Waals surface area contributed by atoms with Gasteiger partial charge in [-0.3, -0.25) is 9.59 Å². The summed E-state index contributed by atoms with van der Waals surface area (Å²) in [5, 5.41) is 10.8. The van der Waals surface area contributed by atoms with Gasteiger partial charge < -0.3 is 14.9 Å². The Morgan fingerprint density at radius 1 is 1.00 bits per heavy atom. The first-order valence-electron chi connectivity index (χ1n) is 7.51. The molecule has 5 nitrogen and oxygen atoms in total. The summed E-state index contributed by atoms with van der Waals surface area (Å²) in [5.41, 5.74) is 1.99. The van der Waals surface area contributed by atoms with Crippen LogP contribution in [0.15, 0.2) is 41.8 Å². The van der Waals surface area contributed by atoms with E-state index in [0.717, 1.165) is 16.0 Å². The Bertz CT molecular complexity index is 691. The van der Waals surface area contributed by atoms with Crippen LogP contribution in [-0.2, 0) is 4.79 Å². The average Bonchev–Trinajstić information content (AvgIpc) is 3.11. The molecule has 0 unspecified atom stereocenters. The molecule has 23 heavy (non-hydrogen) atoms. The molecule has 2 amide bonds. The van der Waals surface area contributed by atoms with Crippen molar-refractivity contribution in [2.75, 3.05) is 32.8 Å². The number of carbonyl (C=O) groups excluding carboxylic acids is 2. The van der Waals surface area contributed by atoms with E-state index in [1.807, 2.05) is 41.8 Å². The monoisotopic (exact) mass is 330 g/mol. The van der Waals surface area contributed by atoms with Crippen molar-refractivity contribution in [3.8, 4) is 11.1 Å². The van der Waals surface area contributed by atoms with Gasteiger partial charge in [0.05, 0.1) is 4.88 Å². The molecule has 0 aliphatic carbocycles. The number of rotatable bonds is 3. The minimum atomic E-state index is -0.475. The lowest BCUT2D eigenvalue weighted by molar-refractivity contribution is -0.135. The van der Waals surface area contributed by atoms with Crippen LogP contribution in [0, 0.1) is 0 Å². The standard InChI is InChI=1S/C17H18N2O3S/c20-12-15(21)18-7-9-19(10-8-18)17(22)16-14(6-11-23-16)13-4-2-1-3-5-13/h1-6,11,20H,7-10,12H2. The van der Waals surface area contributed by atoms with Gasteiger partial charge in [-0.15, -0.1) is 11.3 Å². The predicted molar refractivity (Wildman–Crippen MR) is 89.3 cm³/mol. The molecule has 2 aromatic rings. The molecule has 0 spiro atoms. The van der Waals surface area contributed by atoms with Gasteiger partial charge in [0.2, 0.25) is 5.91 Å². The Kier molecular flexibility index (Phi) is 4.73. The zero-order valence-corrected chi connectivity index (χ0v) is 13.5. The molecule has 0 saturated carbocycles. The van der Waals surface area contributed by atoms with Crippen molar-refractivity contribution in [1.29, 1.82) is 0 Å². The van der Waals surface area contributed by atoms with Crippen molar-refractivity contribution < 1.29 is 14.7 Å². The van der Waals surface area contributed by atoms with Gasteiger partial charge in [0, 0.05) is 31.7 Å². The SMILES string of the molecule is O=C(CO)N1CCN(C(=O)c2sccc2-c2ccccc2)CC1. The molecule has 120 valence electrons. The summed E-state index contributed by atoms with van der Waals surface area (Å²) in [6.07, 6.45) is 0. The fraction of sp³-hybridized carbons (Fsp3) is 0.294. The topological polar surface area (TPSA) is 60.9 Å². The number of hydrogen-bond acceptors (Lipinski definition) is 4. The van der Waals surface area contributed by atoms with Gasteiger partial charge in [-0.25, -0.2) is 0 Å². The van der Waals surface area contributed by atoms with Gasteiger partial charge in [-0.2, -0.15) is 0 Å². The van der Waals surface area contributed by atoms with Crippen LogP contribution in [0.2, 0.25) is 0 Å². The Hall–Kier alpha value is -2.18. The van der Waals surface area contributed by atoms with Gasteiger partial charge in [0.15, 0.2) is 0 Å². The smallest absolute Gasteiger partial charge is 0.264 e. The highest BCUT2D eigenvalue weighted by Gasteiger charge is 2.26. The Morgan fingerprint density at radius 2 is 1.65 bits per heavy atom. The second-order valence-electron chi connectivity index (χ2n) is 5.36. The third-order valence-electron chi connectivity index (χ3n) is 4.00. The molecule has 1 aliphatic heterocycles. The van der Waals surface area contributed by atoms with E-state index in [-0.39, 0.29) is 11.8 Å². The van der Waals surface area contributed by atoms with E-state index in [2.05, 4.69) is 0 Å². The molecule has 6 heteroatoms. The van der Waals surface area contributed by atoms with Crippen LogP contribution in [0.5, 0.6) is 0 Å². The molecule has 0 radical (unpaired) electrons. The number of hydrogen-bond donors (Lipinski definition) is 1. The third kappa shape index (κ3) is 3.28. The summed E-state index contributed by atoms with van der Waals surface area (Å²) in [6, 6.07) is 11.8. The number of nitrogens with zero attached hydrogens (tertiary/aromatic N) is 2. The number of carbonyl (C=O) groups is 2. The number of piperazine rings is 1. The van der Waals surface area contributed by atoms with Crippen LogP contribution in [0.4, 0.5) is 0 Å². The summed E-state index contributed by atoms with van der Waals surface area (Å²) in [7, 11) is 0. The van der Waals surface area contributed by atoms with Crippen LogP contribution < -0.4 is 0 Å². The molecular formula is C17H18N2O3S. The fourth-order valence-corrected chi connectivity index (χ4v) is 3.61. The summed E-state index contributed by atoms with van der Waals surface area (Å²) in [5.74, 6) is -0.270. The lowest BCUT2D eigenvalue weighted by Gasteiger charge is -2.34. The molecule has 1 N–H and O–H groups in total. The van der Waals surface area contributed by atoms with E-state index in [4.69, 9.17) is 5.11 Å². The van der Waals surface area contributed by atoms with Crippen molar-refractivity contribution >= 4 is 23.2 Å². The Labute approximate surface area is 138 Å². The molecule has 1 fully saturated rings. The zero-order valence-electron chi connectivity index (χ0n) is 12.6. The highest BCUT2D eigenvalue weighted by molar-refractivity contribution is 7.12. The maximum absolute atomic E-state index is 12.8. The number of amides is 2. The average molecular weight is 330 g/mol. The first-order chi connectivity index (χ1) is 11.2. The van der Waals surface area contributed by atoms with Gasteiger partial charge in [-0.1, -0.05) is 30.3 Å². The molecule has 1 saturated heterocycles. The predicted octanol–water partition coefficient (Wildman–Crippen LogP) is 1.69. The Morgan fingerprint density at radius 3 is 2.30 bits per heavy atom. The number of thiophene rings is 1. The molecule has 0 bridgehead atoms. The van der Waals surface area contributed by atoms with Gasteiger partial charge in [0.1, 0.15) is 6.61 Å². The second-order valence-corrected chi connectivity index (χ2v) is 6.28. The summed E-state index contributed by atoms with van der Waals surface area (Å²) in [6.45, 7) is 1.46. The van der Waals surface area contributed by atoms with Crippen molar-refractivity contribution in [3.63, 3.8) is 0 Å². The van der Waals surface area contributed by atoms with Crippen LogP contribution in [0.1, 0.15) is 9.67 Å². The van der Waals surface area contributed by atoms with Crippen molar-refractivity contribution in [3.05, 3.63) is 46.7 Å². The van der Waals surface area contributed by atoms with Crippen molar-refractivity contribution in [2.24, 2.45) is 0 Å². The summed E-state index contributed by atoms with van der Waals surface area (Å²) >= 11 is 1.45. The number of aliphatic hydroxyl groups excluding tert-OH is 1. The third-order valence-corrected chi connectivity index (χ3v) is 4.90. The Balaban J connectivity index is 1.73. The van der Waals surface area contributed by atoms with E-state index in [9.17, 15) is 9.59 Å². The highest BCUT2D eigenvalue weighted by atomic mass is 32.1. The largest absolute Gasteiger partial charge is 0.387 e. The van der Waals surface area contributed by atoms with E-state index < -0.39 is 6.61 Å². The van der Waals surface area contributed by atoms with Crippen molar-refractivity contribution in [1.82, 2.24) is 9.80 Å². The van der Waals surface area contributed by atoms with Crippen LogP contribution in [0.25, 0.3) is 11.1 Å². The highest BCUT2D eigenvalue weighted by Crippen LogP contribution is 2.29. The quantitative estimate of drug-likeness (QED) is 0.932. The minimum absolute atomic E-state index is 0.00921. The molecule has 0 atom stereocenters. The molecule has 3 rings (SSSR count). The maximum Gasteiger partial charge on any atom is 0.264 e. The van der Waals surface area contributed by atoms with Crippen LogP contribution in [-0.4, -0.2) is 59.5 Å². The summed E-state index contributed by atoms with van der Waals surface area (Å²) in [4.78, 5) is 28.4. The van der Waals surface area contributed by atoms with Crippen molar-refractivity contribution in [2.45, 2.75) is 0 Å². The summed E-state index contributed by atoms with van der Waals surface area (Å²) < 4.78 is 0. The lowest BCUT2D eigenvalue weighted by atomic mass is 10.1. The van der Waals surface area contributed by atoms with Gasteiger partial charge in [-0.05, 0) is 17.0 Å². The minimum Gasteiger partial charge on any atom is -0.387 e. The molecular weight excluding hydrogens is 312 g/mol. The van der Waals surface area contributed by atoms with Crippen LogP contribution >= 0.6 is 11.3 Å². The van der Waals surface area contributed by atoms with E-state index >= 15 is 0 Å². The molecule has 2 heterocycles. The van der Waals surface area contributed by atoms with Gasteiger partial charge >= 0.3 is 0 Å². The number of aliphatic hydroxyl groups is 1. The van der Waals surface area contributed by atoms with Crippen LogP contribution in [0.3, 0.4) is 0 Å². The first kappa shape index (κ1) is 15.7. The molecule has 1 aromatic heterocycles. The lowest BCUT2D eigenvalue weighted by Crippen LogP contribution is -2.51. The second kappa shape index (κ2) is 6.93.